The summed E-state index contributed by atoms with van der Waals surface area (Å²) < 4.78 is 43.0. The number of nitrogens with one attached hydrogen (secondary N) is 2. The second kappa shape index (κ2) is 14.3. The molecule has 0 radical (unpaired) electrons. The highest BCUT2D eigenvalue weighted by Gasteiger charge is 2.39. The summed E-state index contributed by atoms with van der Waals surface area (Å²) in [4.78, 5) is 23.7. The van der Waals surface area contributed by atoms with Gasteiger partial charge in [-0.25, -0.2) is 9.59 Å². The molecular weight excluding hydrogens is 528 g/mol. The number of carbonyl (C=O) groups is 2. The molecule has 3 N–H and O–H groups in total. The SMILES string of the molecule is CC(C)(C)OC(=O)N[C@@H](CCOS(C)(=O)=O)[C@H]1CCC[C@H]1O.CC(C)(C)OC(=O)N[C@H]1CCO[C@@H]2CCC[C@H]12. The van der Waals surface area contributed by atoms with E-state index >= 15 is 0 Å². The van der Waals surface area contributed by atoms with E-state index in [1.807, 2.05) is 20.8 Å². The Morgan fingerprint density at radius 2 is 1.56 bits per heavy atom. The van der Waals surface area contributed by atoms with Crippen LogP contribution in [0.5, 0.6) is 0 Å². The predicted molar refractivity (Wildman–Crippen MR) is 147 cm³/mol. The summed E-state index contributed by atoms with van der Waals surface area (Å²) in [5, 5.41) is 15.8. The largest absolute Gasteiger partial charge is 0.444 e. The predicted octanol–water partition coefficient (Wildman–Crippen LogP) is 3.88. The molecule has 11 nitrogen and oxygen atoms in total. The molecule has 1 saturated heterocycles. The number of aliphatic hydroxyl groups excluding tert-OH is 1. The summed E-state index contributed by atoms with van der Waals surface area (Å²) in [6.45, 7) is 11.7. The van der Waals surface area contributed by atoms with Crippen LogP contribution in [0.15, 0.2) is 0 Å². The maximum atomic E-state index is 11.9. The van der Waals surface area contributed by atoms with Gasteiger partial charge in [-0.05, 0) is 80.1 Å². The Morgan fingerprint density at radius 3 is 2.13 bits per heavy atom. The van der Waals surface area contributed by atoms with Gasteiger partial charge in [0.25, 0.3) is 10.1 Å². The van der Waals surface area contributed by atoms with E-state index < -0.39 is 33.5 Å². The topological polar surface area (TPSA) is 149 Å². The van der Waals surface area contributed by atoms with E-state index in [0.717, 1.165) is 45.0 Å². The van der Waals surface area contributed by atoms with Crippen molar-refractivity contribution in [3.05, 3.63) is 0 Å². The molecule has 0 aromatic rings. The van der Waals surface area contributed by atoms with E-state index in [4.69, 9.17) is 18.4 Å². The third kappa shape index (κ3) is 13.1. The van der Waals surface area contributed by atoms with Gasteiger partial charge in [0.05, 0.1) is 25.1 Å². The van der Waals surface area contributed by atoms with Crippen LogP contribution < -0.4 is 10.6 Å². The van der Waals surface area contributed by atoms with Crippen molar-refractivity contribution >= 4 is 22.3 Å². The maximum absolute atomic E-state index is 11.9. The molecule has 1 aliphatic heterocycles. The first-order chi connectivity index (χ1) is 17.9. The molecule has 0 aromatic carbocycles. The third-order valence-electron chi connectivity index (χ3n) is 6.96. The molecular formula is C27H50N2O9S. The molecule has 3 fully saturated rings. The maximum Gasteiger partial charge on any atom is 0.407 e. The highest BCUT2D eigenvalue weighted by molar-refractivity contribution is 7.85. The summed E-state index contributed by atoms with van der Waals surface area (Å²) in [5.41, 5.74) is -1.05. The van der Waals surface area contributed by atoms with Crippen molar-refractivity contribution in [3.63, 3.8) is 0 Å². The number of carbonyl (C=O) groups excluding carboxylic acids is 2. The molecule has 2 aliphatic carbocycles. The zero-order valence-electron chi connectivity index (χ0n) is 24.7. The van der Waals surface area contributed by atoms with Crippen molar-refractivity contribution < 1.29 is 41.5 Å². The van der Waals surface area contributed by atoms with Gasteiger partial charge in [-0.3, -0.25) is 4.18 Å². The van der Waals surface area contributed by atoms with Gasteiger partial charge in [0.1, 0.15) is 11.2 Å². The van der Waals surface area contributed by atoms with E-state index in [-0.39, 0.29) is 30.7 Å². The van der Waals surface area contributed by atoms with E-state index in [1.54, 1.807) is 20.8 Å². The van der Waals surface area contributed by atoms with Gasteiger partial charge in [-0.15, -0.1) is 0 Å². The Hall–Kier alpha value is -1.63. The van der Waals surface area contributed by atoms with Crippen LogP contribution in [0, 0.1) is 11.8 Å². The van der Waals surface area contributed by atoms with Crippen molar-refractivity contribution in [3.8, 4) is 0 Å². The molecule has 12 heteroatoms. The molecule has 1 heterocycles. The lowest BCUT2D eigenvalue weighted by molar-refractivity contribution is -0.0292. The number of amides is 2. The Bertz CT molecular complexity index is 898. The number of rotatable bonds is 7. The van der Waals surface area contributed by atoms with Crippen LogP contribution >= 0.6 is 0 Å². The number of hydrogen-bond donors (Lipinski definition) is 3. The fourth-order valence-corrected chi connectivity index (χ4v) is 5.84. The van der Waals surface area contributed by atoms with E-state index in [0.29, 0.717) is 24.9 Å². The van der Waals surface area contributed by atoms with Crippen LogP contribution in [0.3, 0.4) is 0 Å². The zero-order chi connectivity index (χ0) is 29.4. The molecule has 3 rings (SSSR count). The molecule has 0 spiro atoms. The summed E-state index contributed by atoms with van der Waals surface area (Å²) in [6, 6.07) is -0.153. The first kappa shape index (κ1) is 33.6. The minimum absolute atomic E-state index is 0.0392. The Labute approximate surface area is 234 Å². The van der Waals surface area contributed by atoms with Crippen molar-refractivity contribution in [2.24, 2.45) is 11.8 Å². The summed E-state index contributed by atoms with van der Waals surface area (Å²) in [5.74, 6) is 0.368. The molecule has 0 bridgehead atoms. The summed E-state index contributed by atoms with van der Waals surface area (Å²) in [7, 11) is -3.52. The number of alkyl carbamates (subject to hydrolysis) is 2. The lowest BCUT2D eigenvalue weighted by atomic mass is 9.91. The van der Waals surface area contributed by atoms with Gasteiger partial charge < -0.3 is 30.0 Å². The molecule has 228 valence electrons. The van der Waals surface area contributed by atoms with Crippen LogP contribution in [0.1, 0.15) is 92.9 Å². The normalized spacial score (nSPS) is 27.9. The molecule has 6 atom stereocenters. The van der Waals surface area contributed by atoms with Crippen LogP contribution in [0.25, 0.3) is 0 Å². The highest BCUT2D eigenvalue weighted by Crippen LogP contribution is 2.35. The fourth-order valence-electron chi connectivity index (χ4n) is 5.44. The van der Waals surface area contributed by atoms with Gasteiger partial charge in [-0.2, -0.15) is 8.42 Å². The molecule has 0 aromatic heterocycles. The van der Waals surface area contributed by atoms with Gasteiger partial charge >= 0.3 is 12.2 Å². The molecule has 2 saturated carbocycles. The molecule has 2 amide bonds. The van der Waals surface area contributed by atoms with Crippen LogP contribution in [0.2, 0.25) is 0 Å². The average Bonchev–Trinajstić information content (AvgIpc) is 3.39. The number of fused-ring (bicyclic) bond motifs is 1. The summed E-state index contributed by atoms with van der Waals surface area (Å²) >= 11 is 0. The number of aliphatic hydroxyl groups is 1. The van der Waals surface area contributed by atoms with Crippen molar-refractivity contribution in [1.82, 2.24) is 10.6 Å². The molecule has 0 unspecified atom stereocenters. The molecule has 39 heavy (non-hydrogen) atoms. The number of ether oxygens (including phenoxy) is 3. The van der Waals surface area contributed by atoms with Crippen LogP contribution in [-0.4, -0.2) is 80.7 Å². The lowest BCUT2D eigenvalue weighted by Crippen LogP contribution is -2.48. The smallest absolute Gasteiger partial charge is 0.407 e. The number of hydrogen-bond acceptors (Lipinski definition) is 9. The van der Waals surface area contributed by atoms with E-state index in [9.17, 15) is 23.1 Å². The van der Waals surface area contributed by atoms with E-state index in [2.05, 4.69) is 10.6 Å². The standard InChI is InChI=1S/C14H27NO6S.C13H23NO3/c1-14(2,3)21-13(17)15-11(8-9-20-22(4,18)19)10-6-5-7-12(10)16;1-13(2,3)17-12(15)14-10-7-8-16-11-6-4-5-9(10)11/h10-12,16H,5-9H2,1-4H3,(H,15,17);9-11H,4-8H2,1-3H3,(H,14,15)/t10-,11+,12-;9-,10+,11-/m11/s1. The van der Waals surface area contributed by atoms with Crippen LogP contribution in [0.4, 0.5) is 9.59 Å². The molecule has 3 aliphatic rings. The first-order valence-electron chi connectivity index (χ1n) is 14.1. The van der Waals surface area contributed by atoms with Crippen molar-refractivity contribution in [2.45, 2.75) is 128 Å². The third-order valence-corrected chi connectivity index (χ3v) is 7.55. The Kier molecular flexibility index (Phi) is 12.3. The fraction of sp³-hybridized carbons (Fsp3) is 0.926. The first-order valence-corrected chi connectivity index (χ1v) is 15.9. The lowest BCUT2D eigenvalue weighted by Gasteiger charge is -2.34. The van der Waals surface area contributed by atoms with Gasteiger partial charge in [0, 0.05) is 30.5 Å². The Morgan fingerprint density at radius 1 is 0.949 bits per heavy atom. The summed E-state index contributed by atoms with van der Waals surface area (Å²) in [6.07, 6.45) is 7.01. The average molecular weight is 579 g/mol. The van der Waals surface area contributed by atoms with Crippen LogP contribution in [-0.2, 0) is 28.5 Å². The monoisotopic (exact) mass is 578 g/mol. The van der Waals surface area contributed by atoms with Crippen molar-refractivity contribution in [1.29, 1.82) is 0 Å². The van der Waals surface area contributed by atoms with Crippen molar-refractivity contribution in [2.75, 3.05) is 19.5 Å². The zero-order valence-corrected chi connectivity index (χ0v) is 25.5. The minimum atomic E-state index is -3.52. The minimum Gasteiger partial charge on any atom is -0.444 e. The van der Waals surface area contributed by atoms with Gasteiger partial charge in [-0.1, -0.05) is 12.8 Å². The quantitative estimate of drug-likeness (QED) is 0.383. The van der Waals surface area contributed by atoms with Gasteiger partial charge in [0.2, 0.25) is 0 Å². The second-order valence-corrected chi connectivity index (χ2v) is 14.4. The van der Waals surface area contributed by atoms with Gasteiger partial charge in [0.15, 0.2) is 0 Å². The highest BCUT2D eigenvalue weighted by atomic mass is 32.2. The second-order valence-electron chi connectivity index (χ2n) is 12.8. The van der Waals surface area contributed by atoms with E-state index in [1.165, 1.54) is 6.42 Å². The Balaban J connectivity index is 0.000000282.